The van der Waals surface area contributed by atoms with Gasteiger partial charge in [-0.05, 0) is 43.6 Å². The summed E-state index contributed by atoms with van der Waals surface area (Å²) >= 11 is 0. The van der Waals surface area contributed by atoms with Gasteiger partial charge in [0.05, 0.1) is 0 Å². The Balaban J connectivity index is 2.60. The lowest BCUT2D eigenvalue weighted by atomic mass is 9.95. The highest BCUT2D eigenvalue weighted by atomic mass is 14.9. The summed E-state index contributed by atoms with van der Waals surface area (Å²) in [5.74, 6) is 1.51. The first-order chi connectivity index (χ1) is 8.99. The molecule has 1 aromatic carbocycles. The van der Waals surface area contributed by atoms with Crippen molar-refractivity contribution in [3.8, 4) is 0 Å². The van der Waals surface area contributed by atoms with Crippen molar-refractivity contribution in [3.63, 3.8) is 0 Å². The molecule has 2 atom stereocenters. The molecule has 108 valence electrons. The molecule has 1 aromatic rings. The van der Waals surface area contributed by atoms with Crippen LogP contribution in [0.2, 0.25) is 0 Å². The van der Waals surface area contributed by atoms with E-state index in [-0.39, 0.29) is 0 Å². The summed E-state index contributed by atoms with van der Waals surface area (Å²) < 4.78 is 0. The summed E-state index contributed by atoms with van der Waals surface area (Å²) in [6.45, 7) is 11.5. The van der Waals surface area contributed by atoms with Crippen molar-refractivity contribution < 1.29 is 0 Å². The topological polar surface area (TPSA) is 12.0 Å². The van der Waals surface area contributed by atoms with Gasteiger partial charge in [-0.25, -0.2) is 0 Å². The number of rotatable bonds is 8. The van der Waals surface area contributed by atoms with Gasteiger partial charge in [-0.1, -0.05) is 58.0 Å². The second-order valence-electron chi connectivity index (χ2n) is 6.63. The average molecular weight is 261 g/mol. The van der Waals surface area contributed by atoms with Crippen molar-refractivity contribution in [2.45, 2.75) is 66.0 Å². The predicted octanol–water partition coefficient (Wildman–Crippen LogP) is 5.19. The van der Waals surface area contributed by atoms with Gasteiger partial charge < -0.3 is 5.32 Å². The Morgan fingerprint density at radius 1 is 0.842 bits per heavy atom. The Hall–Kier alpha value is -0.820. The Kier molecular flexibility index (Phi) is 7.15. The fourth-order valence-electron chi connectivity index (χ4n) is 2.47. The molecule has 19 heavy (non-hydrogen) atoms. The molecule has 0 amide bonds. The lowest BCUT2D eigenvalue weighted by Gasteiger charge is -2.26. The van der Waals surface area contributed by atoms with Crippen LogP contribution >= 0.6 is 0 Å². The highest BCUT2D eigenvalue weighted by Gasteiger charge is 2.15. The maximum atomic E-state index is 3.82. The third kappa shape index (κ3) is 6.77. The molecular formula is C18H31N. The van der Waals surface area contributed by atoms with E-state index >= 15 is 0 Å². The zero-order valence-corrected chi connectivity index (χ0v) is 13.3. The van der Waals surface area contributed by atoms with E-state index in [0.29, 0.717) is 12.1 Å². The summed E-state index contributed by atoms with van der Waals surface area (Å²) in [4.78, 5) is 0. The smallest absolute Gasteiger partial charge is 0.0324 e. The highest BCUT2D eigenvalue weighted by Crippen LogP contribution is 2.22. The first-order valence-corrected chi connectivity index (χ1v) is 7.80. The van der Waals surface area contributed by atoms with E-state index in [0.717, 1.165) is 11.8 Å². The fraction of sp³-hybridized carbons (Fsp3) is 0.667. The number of hydrogen-bond donors (Lipinski definition) is 1. The third-order valence-electron chi connectivity index (χ3n) is 3.57. The summed E-state index contributed by atoms with van der Waals surface area (Å²) in [5.41, 5.74) is 1.42. The predicted molar refractivity (Wildman–Crippen MR) is 85.3 cm³/mol. The van der Waals surface area contributed by atoms with Gasteiger partial charge in [0.25, 0.3) is 0 Å². The molecule has 0 bridgehead atoms. The molecule has 1 heteroatoms. The highest BCUT2D eigenvalue weighted by molar-refractivity contribution is 5.19. The number of nitrogens with one attached hydrogen (secondary N) is 1. The molecule has 0 aliphatic heterocycles. The molecular weight excluding hydrogens is 230 g/mol. The van der Waals surface area contributed by atoms with E-state index in [1.165, 1.54) is 24.8 Å². The lowest BCUT2D eigenvalue weighted by molar-refractivity contribution is 0.363. The van der Waals surface area contributed by atoms with Crippen LogP contribution in [0.5, 0.6) is 0 Å². The zero-order chi connectivity index (χ0) is 14.3. The van der Waals surface area contributed by atoms with Gasteiger partial charge >= 0.3 is 0 Å². The molecule has 0 aliphatic carbocycles. The maximum absolute atomic E-state index is 3.82. The number of benzene rings is 1. The quantitative estimate of drug-likeness (QED) is 0.679. The minimum absolute atomic E-state index is 0.489. The second kappa shape index (κ2) is 8.37. The fourth-order valence-corrected chi connectivity index (χ4v) is 2.47. The van der Waals surface area contributed by atoms with Crippen molar-refractivity contribution in [2.24, 2.45) is 11.8 Å². The van der Waals surface area contributed by atoms with Crippen LogP contribution in [0.25, 0.3) is 0 Å². The summed E-state index contributed by atoms with van der Waals surface area (Å²) in [6, 6.07) is 11.9. The van der Waals surface area contributed by atoms with Gasteiger partial charge in [-0.3, -0.25) is 0 Å². The summed E-state index contributed by atoms with van der Waals surface area (Å²) in [6.07, 6.45) is 3.77. The maximum Gasteiger partial charge on any atom is 0.0324 e. The standard InChI is InChI=1S/C18H31N/c1-14(2)11-12-16(5)19-18(13-15(3)4)17-9-7-6-8-10-17/h6-10,14-16,18-19H,11-13H2,1-5H3. The molecule has 1 rings (SSSR count). The van der Waals surface area contributed by atoms with E-state index in [1.54, 1.807) is 0 Å². The van der Waals surface area contributed by atoms with E-state index in [1.807, 2.05) is 0 Å². The van der Waals surface area contributed by atoms with Gasteiger partial charge in [0, 0.05) is 12.1 Å². The van der Waals surface area contributed by atoms with Gasteiger partial charge in [-0.2, -0.15) is 0 Å². The lowest BCUT2D eigenvalue weighted by Crippen LogP contribution is -2.31. The molecule has 2 unspecified atom stereocenters. The van der Waals surface area contributed by atoms with Crippen LogP contribution in [0.3, 0.4) is 0 Å². The van der Waals surface area contributed by atoms with Crippen molar-refractivity contribution in [2.75, 3.05) is 0 Å². The zero-order valence-electron chi connectivity index (χ0n) is 13.3. The first kappa shape index (κ1) is 16.2. The van der Waals surface area contributed by atoms with Crippen LogP contribution in [0.15, 0.2) is 30.3 Å². The van der Waals surface area contributed by atoms with E-state index < -0.39 is 0 Å². The molecule has 0 radical (unpaired) electrons. The molecule has 1 N–H and O–H groups in total. The molecule has 0 heterocycles. The van der Waals surface area contributed by atoms with Crippen molar-refractivity contribution in [1.82, 2.24) is 5.32 Å². The Morgan fingerprint density at radius 2 is 1.47 bits per heavy atom. The Bertz CT molecular complexity index is 329. The normalized spacial score (nSPS) is 14.9. The monoisotopic (exact) mass is 261 g/mol. The SMILES string of the molecule is CC(C)CCC(C)NC(CC(C)C)c1ccccc1. The van der Waals surface area contributed by atoms with Crippen molar-refractivity contribution >= 4 is 0 Å². The van der Waals surface area contributed by atoms with Crippen LogP contribution in [-0.2, 0) is 0 Å². The van der Waals surface area contributed by atoms with Gasteiger partial charge in [0.2, 0.25) is 0 Å². The molecule has 0 saturated heterocycles. The van der Waals surface area contributed by atoms with Crippen molar-refractivity contribution in [3.05, 3.63) is 35.9 Å². The number of hydrogen-bond acceptors (Lipinski definition) is 1. The van der Waals surface area contributed by atoms with Crippen LogP contribution in [-0.4, -0.2) is 6.04 Å². The Labute approximate surface area is 119 Å². The van der Waals surface area contributed by atoms with Crippen LogP contribution in [0.1, 0.15) is 65.5 Å². The molecule has 1 nitrogen and oxygen atoms in total. The van der Waals surface area contributed by atoms with Crippen molar-refractivity contribution in [1.29, 1.82) is 0 Å². The van der Waals surface area contributed by atoms with Gasteiger partial charge in [-0.15, -0.1) is 0 Å². The largest absolute Gasteiger partial charge is 0.307 e. The first-order valence-electron chi connectivity index (χ1n) is 7.80. The van der Waals surface area contributed by atoms with Crippen LogP contribution in [0, 0.1) is 11.8 Å². The van der Waals surface area contributed by atoms with E-state index in [2.05, 4.69) is 70.3 Å². The molecule has 0 aromatic heterocycles. The molecule has 0 saturated carbocycles. The van der Waals surface area contributed by atoms with Crippen LogP contribution in [0.4, 0.5) is 0 Å². The molecule has 0 spiro atoms. The minimum Gasteiger partial charge on any atom is -0.307 e. The van der Waals surface area contributed by atoms with E-state index in [4.69, 9.17) is 0 Å². The summed E-state index contributed by atoms with van der Waals surface area (Å²) in [7, 11) is 0. The second-order valence-corrected chi connectivity index (χ2v) is 6.63. The van der Waals surface area contributed by atoms with Gasteiger partial charge in [0.15, 0.2) is 0 Å². The van der Waals surface area contributed by atoms with Crippen LogP contribution < -0.4 is 5.32 Å². The Morgan fingerprint density at radius 3 is 2.00 bits per heavy atom. The van der Waals surface area contributed by atoms with E-state index in [9.17, 15) is 0 Å². The van der Waals surface area contributed by atoms with Gasteiger partial charge in [0.1, 0.15) is 0 Å². The molecule has 0 fully saturated rings. The average Bonchev–Trinajstić information content (AvgIpc) is 2.36. The third-order valence-corrected chi connectivity index (χ3v) is 3.57. The summed E-state index contributed by atoms with van der Waals surface area (Å²) in [5, 5.41) is 3.82. The minimum atomic E-state index is 0.489. The molecule has 0 aliphatic rings.